The molecule has 0 radical (unpaired) electrons. The molecule has 0 saturated carbocycles. The van der Waals surface area contributed by atoms with Crippen molar-refractivity contribution < 1.29 is 0 Å². The zero-order valence-corrected chi connectivity index (χ0v) is 15.8. The molecule has 1 aromatic heterocycles. The van der Waals surface area contributed by atoms with Crippen LogP contribution in [-0.4, -0.2) is 41.0 Å². The fourth-order valence-corrected chi connectivity index (χ4v) is 3.37. The lowest BCUT2D eigenvalue weighted by Gasteiger charge is -2.35. The van der Waals surface area contributed by atoms with Gasteiger partial charge in [-0.2, -0.15) is 0 Å². The summed E-state index contributed by atoms with van der Waals surface area (Å²) in [6.45, 7) is 4.98. The van der Waals surface area contributed by atoms with Crippen molar-refractivity contribution in [2.45, 2.75) is 6.54 Å². The fourth-order valence-electron chi connectivity index (χ4n) is 3.25. The fraction of sp³-hybridized carbons (Fsp3) is 0.238. The van der Waals surface area contributed by atoms with Crippen molar-refractivity contribution in [3.05, 3.63) is 77.6 Å². The van der Waals surface area contributed by atoms with E-state index in [1.54, 1.807) is 6.33 Å². The van der Waals surface area contributed by atoms with Crippen LogP contribution in [0.25, 0.3) is 0 Å². The van der Waals surface area contributed by atoms with Crippen molar-refractivity contribution in [3.8, 4) is 0 Å². The maximum absolute atomic E-state index is 5.94. The lowest BCUT2D eigenvalue weighted by Crippen LogP contribution is -2.46. The number of anilines is 3. The van der Waals surface area contributed by atoms with Gasteiger partial charge in [-0.25, -0.2) is 9.97 Å². The number of aromatic nitrogens is 2. The number of hydrogen-bond acceptors (Lipinski definition) is 5. The number of nitrogens with one attached hydrogen (secondary N) is 1. The van der Waals surface area contributed by atoms with Gasteiger partial charge in [0.2, 0.25) is 0 Å². The van der Waals surface area contributed by atoms with E-state index in [4.69, 9.17) is 11.6 Å². The Kier molecular flexibility index (Phi) is 5.51. The van der Waals surface area contributed by atoms with Crippen LogP contribution in [0.4, 0.5) is 17.3 Å². The smallest absolute Gasteiger partial charge is 0.135 e. The summed E-state index contributed by atoms with van der Waals surface area (Å²) in [5.41, 5.74) is 2.32. The maximum Gasteiger partial charge on any atom is 0.135 e. The van der Waals surface area contributed by atoms with Crippen molar-refractivity contribution >= 4 is 28.9 Å². The highest BCUT2D eigenvalue weighted by Crippen LogP contribution is 2.21. The Hall–Kier alpha value is -2.63. The van der Waals surface area contributed by atoms with Gasteiger partial charge in [-0.05, 0) is 29.8 Å². The Bertz CT molecular complexity index is 861. The van der Waals surface area contributed by atoms with Crippen LogP contribution < -0.4 is 10.2 Å². The average Bonchev–Trinajstić information content (AvgIpc) is 2.71. The van der Waals surface area contributed by atoms with E-state index in [0.717, 1.165) is 55.1 Å². The molecule has 1 aliphatic rings. The molecule has 1 fully saturated rings. The van der Waals surface area contributed by atoms with E-state index in [9.17, 15) is 0 Å². The molecule has 2 heterocycles. The molecule has 27 heavy (non-hydrogen) atoms. The molecule has 0 aliphatic carbocycles. The van der Waals surface area contributed by atoms with E-state index in [-0.39, 0.29) is 0 Å². The van der Waals surface area contributed by atoms with Gasteiger partial charge in [0.25, 0.3) is 0 Å². The second kappa shape index (κ2) is 8.37. The molecule has 3 aromatic rings. The van der Waals surface area contributed by atoms with Crippen LogP contribution in [0.5, 0.6) is 0 Å². The first-order valence-corrected chi connectivity index (χ1v) is 9.50. The van der Waals surface area contributed by atoms with Crippen molar-refractivity contribution in [3.63, 3.8) is 0 Å². The average molecular weight is 380 g/mol. The van der Waals surface area contributed by atoms with Gasteiger partial charge in [0.1, 0.15) is 18.0 Å². The summed E-state index contributed by atoms with van der Waals surface area (Å²) < 4.78 is 0. The lowest BCUT2D eigenvalue weighted by molar-refractivity contribution is 0.249. The minimum Gasteiger partial charge on any atom is -0.354 e. The van der Waals surface area contributed by atoms with Crippen LogP contribution in [0.2, 0.25) is 5.02 Å². The molecule has 2 aromatic carbocycles. The highest BCUT2D eigenvalue weighted by molar-refractivity contribution is 6.30. The number of nitrogens with zero attached hydrogens (tertiary/aromatic N) is 4. The zero-order chi connectivity index (χ0) is 18.5. The van der Waals surface area contributed by atoms with E-state index >= 15 is 0 Å². The molecule has 138 valence electrons. The van der Waals surface area contributed by atoms with Gasteiger partial charge in [-0.15, -0.1) is 0 Å². The van der Waals surface area contributed by atoms with Crippen LogP contribution in [0.1, 0.15) is 5.56 Å². The van der Waals surface area contributed by atoms with Crippen molar-refractivity contribution in [1.82, 2.24) is 14.9 Å². The Balaban J connectivity index is 1.36. The van der Waals surface area contributed by atoms with Gasteiger partial charge >= 0.3 is 0 Å². The molecule has 5 nitrogen and oxygen atoms in total. The van der Waals surface area contributed by atoms with E-state index in [1.165, 1.54) is 5.56 Å². The molecule has 0 unspecified atom stereocenters. The molecule has 1 aliphatic heterocycles. The van der Waals surface area contributed by atoms with Gasteiger partial charge in [0.15, 0.2) is 0 Å². The van der Waals surface area contributed by atoms with E-state index in [1.807, 2.05) is 30.3 Å². The number of benzene rings is 2. The molecule has 0 amide bonds. The third-order valence-electron chi connectivity index (χ3n) is 4.71. The van der Waals surface area contributed by atoms with Crippen molar-refractivity contribution in [2.24, 2.45) is 0 Å². The Morgan fingerprint density at radius 1 is 0.889 bits per heavy atom. The quantitative estimate of drug-likeness (QED) is 0.719. The Morgan fingerprint density at radius 2 is 1.63 bits per heavy atom. The van der Waals surface area contributed by atoms with Crippen LogP contribution >= 0.6 is 11.6 Å². The predicted molar refractivity (Wildman–Crippen MR) is 111 cm³/mol. The molecule has 1 N–H and O–H groups in total. The normalized spacial score (nSPS) is 14.9. The van der Waals surface area contributed by atoms with Crippen LogP contribution in [0, 0.1) is 0 Å². The summed E-state index contributed by atoms with van der Waals surface area (Å²) in [5, 5.41) is 4.02. The van der Waals surface area contributed by atoms with Crippen molar-refractivity contribution in [1.29, 1.82) is 0 Å². The largest absolute Gasteiger partial charge is 0.354 e. The standard InChI is InChI=1S/C21H22ClN5/c22-18-6-8-19(9-7-18)25-20-14-21(24-16-23-20)27-12-10-26(11-13-27)15-17-4-2-1-3-5-17/h1-9,14,16H,10-13,15H2,(H,23,24,25). The molecule has 0 bridgehead atoms. The molecule has 1 saturated heterocycles. The summed E-state index contributed by atoms with van der Waals surface area (Å²) >= 11 is 5.94. The third kappa shape index (κ3) is 4.76. The predicted octanol–water partition coefficient (Wildman–Crippen LogP) is 4.20. The van der Waals surface area contributed by atoms with E-state index in [2.05, 4.69) is 55.4 Å². The van der Waals surface area contributed by atoms with Gasteiger partial charge in [-0.1, -0.05) is 41.9 Å². The monoisotopic (exact) mass is 379 g/mol. The van der Waals surface area contributed by atoms with Gasteiger partial charge in [0, 0.05) is 49.5 Å². The SMILES string of the molecule is Clc1ccc(Nc2cc(N3CCN(Cc4ccccc4)CC3)ncn2)cc1. The second-order valence-electron chi connectivity index (χ2n) is 6.64. The van der Waals surface area contributed by atoms with Crippen LogP contribution in [0.3, 0.4) is 0 Å². The summed E-state index contributed by atoms with van der Waals surface area (Å²) in [6, 6.07) is 20.2. The highest BCUT2D eigenvalue weighted by atomic mass is 35.5. The first-order chi connectivity index (χ1) is 13.3. The highest BCUT2D eigenvalue weighted by Gasteiger charge is 2.18. The molecule has 0 spiro atoms. The minimum atomic E-state index is 0.720. The summed E-state index contributed by atoms with van der Waals surface area (Å²) in [6.07, 6.45) is 1.62. The number of rotatable bonds is 5. The molecule has 6 heteroatoms. The Labute approximate surface area is 164 Å². The summed E-state index contributed by atoms with van der Waals surface area (Å²) in [4.78, 5) is 13.6. The van der Waals surface area contributed by atoms with Gasteiger partial charge in [-0.3, -0.25) is 4.90 Å². The van der Waals surface area contributed by atoms with Gasteiger partial charge in [0.05, 0.1) is 0 Å². The van der Waals surface area contributed by atoms with Crippen molar-refractivity contribution in [2.75, 3.05) is 36.4 Å². The second-order valence-corrected chi connectivity index (χ2v) is 7.08. The molecular weight excluding hydrogens is 358 g/mol. The zero-order valence-electron chi connectivity index (χ0n) is 15.1. The van der Waals surface area contributed by atoms with Crippen LogP contribution in [-0.2, 0) is 6.54 Å². The minimum absolute atomic E-state index is 0.720. The first-order valence-electron chi connectivity index (χ1n) is 9.12. The number of halogens is 1. The van der Waals surface area contributed by atoms with Gasteiger partial charge < -0.3 is 10.2 Å². The number of piperazine rings is 1. The summed E-state index contributed by atoms with van der Waals surface area (Å²) in [7, 11) is 0. The van der Waals surface area contributed by atoms with E-state index < -0.39 is 0 Å². The molecule has 0 atom stereocenters. The van der Waals surface area contributed by atoms with Crippen LogP contribution in [0.15, 0.2) is 67.0 Å². The number of hydrogen-bond donors (Lipinski definition) is 1. The molecular formula is C21H22ClN5. The maximum atomic E-state index is 5.94. The van der Waals surface area contributed by atoms with E-state index in [0.29, 0.717) is 0 Å². The topological polar surface area (TPSA) is 44.3 Å². The third-order valence-corrected chi connectivity index (χ3v) is 4.97. The molecule has 4 rings (SSSR count). The summed E-state index contributed by atoms with van der Waals surface area (Å²) in [5.74, 6) is 1.75. The lowest BCUT2D eigenvalue weighted by atomic mass is 10.2. The first kappa shape index (κ1) is 17.8. The Morgan fingerprint density at radius 3 is 2.37 bits per heavy atom.